The standard InChI is InChI=1S/C67H38N4OS/c1-2-19-47-39(13-1)14-11-23-48(47)40-29-31-41(32-30-40)65-68-66(70-67(69-65)46-33-34-52-51-22-5-8-27-58(51)72-59(52)37-46)45-18-10-16-43(36-45)42-15-9-17-44(35-42)54-38-55-50-21-4-7-26-57(50)71-56-25-6-3-20-49(56)53-24-12-28-60-61(53)62(63(55)71)64(54)73-60/h1-38H. The second kappa shape index (κ2) is 15.5. The molecule has 0 N–H and O–H groups in total. The lowest BCUT2D eigenvalue weighted by atomic mass is 9.95. The number of furan rings is 1. The van der Waals surface area contributed by atoms with Crippen molar-refractivity contribution >= 4 is 102 Å². The van der Waals surface area contributed by atoms with E-state index in [1.54, 1.807) is 0 Å². The van der Waals surface area contributed by atoms with Crippen LogP contribution in [0.15, 0.2) is 235 Å². The highest BCUT2D eigenvalue weighted by Gasteiger charge is 2.24. The monoisotopic (exact) mass is 946 g/mol. The summed E-state index contributed by atoms with van der Waals surface area (Å²) in [6.07, 6.45) is 0. The molecule has 73 heavy (non-hydrogen) atoms. The zero-order chi connectivity index (χ0) is 47.7. The summed E-state index contributed by atoms with van der Waals surface area (Å²) >= 11 is 1.90. The van der Waals surface area contributed by atoms with E-state index < -0.39 is 0 Å². The molecular formula is C67H38N4OS. The number of nitrogens with zero attached hydrogens (tertiary/aromatic N) is 4. The van der Waals surface area contributed by atoms with Crippen molar-refractivity contribution in [2.24, 2.45) is 0 Å². The molecule has 0 aliphatic heterocycles. The maximum absolute atomic E-state index is 6.37. The number of para-hydroxylation sites is 3. The smallest absolute Gasteiger partial charge is 0.164 e. The molecule has 338 valence electrons. The van der Waals surface area contributed by atoms with Crippen LogP contribution in [-0.2, 0) is 0 Å². The fourth-order valence-electron chi connectivity index (χ4n) is 11.6. The zero-order valence-corrected chi connectivity index (χ0v) is 39.9. The molecule has 5 heterocycles. The summed E-state index contributed by atoms with van der Waals surface area (Å²) in [5.74, 6) is 1.77. The second-order valence-corrected chi connectivity index (χ2v) is 20.1. The summed E-state index contributed by atoms with van der Waals surface area (Å²) < 4.78 is 11.5. The number of rotatable bonds is 6. The Kier molecular flexibility index (Phi) is 8.55. The summed E-state index contributed by atoms with van der Waals surface area (Å²) in [7, 11) is 0. The third kappa shape index (κ3) is 6.11. The second-order valence-electron chi connectivity index (χ2n) is 19.1. The quantitative estimate of drug-likeness (QED) is 0.167. The molecule has 16 aromatic rings. The molecule has 0 atom stereocenters. The van der Waals surface area contributed by atoms with Gasteiger partial charge in [0.15, 0.2) is 17.5 Å². The lowest BCUT2D eigenvalue weighted by molar-refractivity contribution is 0.669. The summed E-state index contributed by atoms with van der Waals surface area (Å²) in [6, 6.07) is 82.6. The number of aromatic nitrogens is 4. The van der Waals surface area contributed by atoms with Gasteiger partial charge in [-0.15, -0.1) is 11.3 Å². The highest BCUT2D eigenvalue weighted by atomic mass is 32.1. The van der Waals surface area contributed by atoms with E-state index in [4.69, 9.17) is 19.4 Å². The number of thiophene rings is 1. The Bertz CT molecular complexity index is 4920. The average molecular weight is 947 g/mol. The van der Waals surface area contributed by atoms with Gasteiger partial charge in [-0.2, -0.15) is 0 Å². The van der Waals surface area contributed by atoms with Crippen molar-refractivity contribution in [2.45, 2.75) is 0 Å². The minimum atomic E-state index is 0.576. The molecule has 0 amide bonds. The van der Waals surface area contributed by atoms with E-state index >= 15 is 0 Å². The maximum atomic E-state index is 6.37. The van der Waals surface area contributed by atoms with Crippen molar-refractivity contribution < 1.29 is 4.42 Å². The molecule has 16 rings (SSSR count). The van der Waals surface area contributed by atoms with Crippen LogP contribution >= 0.6 is 11.3 Å². The lowest BCUT2D eigenvalue weighted by Crippen LogP contribution is -2.00. The van der Waals surface area contributed by atoms with E-state index in [0.717, 1.165) is 55.3 Å². The van der Waals surface area contributed by atoms with Crippen molar-refractivity contribution in [3.63, 3.8) is 0 Å². The molecule has 0 radical (unpaired) electrons. The Balaban J connectivity index is 0.846. The van der Waals surface area contributed by atoms with Crippen LogP contribution in [0.1, 0.15) is 0 Å². The van der Waals surface area contributed by atoms with E-state index in [0.29, 0.717) is 17.5 Å². The first-order valence-corrected chi connectivity index (χ1v) is 25.5. The Labute approximate surface area is 421 Å². The zero-order valence-electron chi connectivity index (χ0n) is 39.0. The first-order chi connectivity index (χ1) is 36.2. The van der Waals surface area contributed by atoms with Gasteiger partial charge >= 0.3 is 0 Å². The molecule has 0 saturated heterocycles. The molecule has 0 unspecified atom stereocenters. The van der Waals surface area contributed by atoms with Crippen LogP contribution in [0.3, 0.4) is 0 Å². The predicted molar refractivity (Wildman–Crippen MR) is 305 cm³/mol. The molecule has 5 nitrogen and oxygen atoms in total. The molecule has 0 spiro atoms. The Morgan fingerprint density at radius 1 is 0.329 bits per heavy atom. The molecule has 0 bridgehead atoms. The van der Waals surface area contributed by atoms with Crippen molar-refractivity contribution in [3.05, 3.63) is 231 Å². The number of hydrogen-bond donors (Lipinski definition) is 0. The van der Waals surface area contributed by atoms with Crippen molar-refractivity contribution in [3.8, 4) is 67.5 Å². The SMILES string of the molecule is c1cc(-c2cccc(-c3cc4c5ccccc5n5c6ccccc6c6cccc7sc3c(c76)c45)c2)cc(-c2nc(-c3ccc(-c4cccc5ccccc45)cc3)nc(-c3ccc4c(c3)oc3ccccc34)n2)c1. The number of benzene rings is 11. The minimum absolute atomic E-state index is 0.576. The van der Waals surface area contributed by atoms with Crippen LogP contribution in [0.5, 0.6) is 0 Å². The van der Waals surface area contributed by atoms with Gasteiger partial charge in [0, 0.05) is 69.4 Å². The van der Waals surface area contributed by atoms with Crippen LogP contribution in [0, 0.1) is 0 Å². The van der Waals surface area contributed by atoms with Crippen molar-refractivity contribution in [1.82, 2.24) is 19.4 Å². The molecule has 0 aliphatic carbocycles. The van der Waals surface area contributed by atoms with Gasteiger partial charge in [-0.25, -0.2) is 15.0 Å². The summed E-state index contributed by atoms with van der Waals surface area (Å²) in [5.41, 5.74) is 14.9. The normalized spacial score (nSPS) is 12.1. The van der Waals surface area contributed by atoms with E-state index in [2.05, 4.69) is 217 Å². The van der Waals surface area contributed by atoms with E-state index in [-0.39, 0.29) is 0 Å². The third-order valence-electron chi connectivity index (χ3n) is 15.0. The van der Waals surface area contributed by atoms with E-state index in [1.165, 1.54) is 85.7 Å². The van der Waals surface area contributed by atoms with Crippen molar-refractivity contribution in [2.75, 3.05) is 0 Å². The Hall–Kier alpha value is -9.49. The molecule has 0 saturated carbocycles. The van der Waals surface area contributed by atoms with Gasteiger partial charge in [0.2, 0.25) is 0 Å². The van der Waals surface area contributed by atoms with Gasteiger partial charge in [-0.05, 0) is 98.6 Å². The van der Waals surface area contributed by atoms with E-state index in [1.807, 2.05) is 29.5 Å². The molecular weight excluding hydrogens is 909 g/mol. The minimum Gasteiger partial charge on any atom is -0.456 e. The Morgan fingerprint density at radius 3 is 1.67 bits per heavy atom. The highest BCUT2D eigenvalue weighted by Crippen LogP contribution is 2.50. The highest BCUT2D eigenvalue weighted by molar-refractivity contribution is 7.26. The maximum Gasteiger partial charge on any atom is 0.164 e. The van der Waals surface area contributed by atoms with Crippen LogP contribution in [0.4, 0.5) is 0 Å². The van der Waals surface area contributed by atoms with Crippen LogP contribution in [0.2, 0.25) is 0 Å². The summed E-state index contributed by atoms with van der Waals surface area (Å²) in [5, 5.41) is 12.3. The van der Waals surface area contributed by atoms with Crippen LogP contribution in [0.25, 0.3) is 159 Å². The molecule has 0 aliphatic rings. The fraction of sp³-hybridized carbons (Fsp3) is 0. The average Bonchev–Trinajstić information content (AvgIpc) is 4.12. The van der Waals surface area contributed by atoms with Crippen molar-refractivity contribution in [1.29, 1.82) is 0 Å². The van der Waals surface area contributed by atoms with Gasteiger partial charge in [0.1, 0.15) is 11.2 Å². The molecule has 5 aromatic heterocycles. The third-order valence-corrected chi connectivity index (χ3v) is 16.2. The fourth-order valence-corrected chi connectivity index (χ4v) is 12.9. The largest absolute Gasteiger partial charge is 0.456 e. The van der Waals surface area contributed by atoms with Gasteiger partial charge < -0.3 is 8.82 Å². The first kappa shape index (κ1) is 40.3. The summed E-state index contributed by atoms with van der Waals surface area (Å²) in [6.45, 7) is 0. The van der Waals surface area contributed by atoms with Crippen LogP contribution in [-0.4, -0.2) is 19.4 Å². The molecule has 6 heteroatoms. The predicted octanol–water partition coefficient (Wildman–Crippen LogP) is 18.4. The van der Waals surface area contributed by atoms with Gasteiger partial charge in [0.25, 0.3) is 0 Å². The molecule has 0 fully saturated rings. The van der Waals surface area contributed by atoms with Gasteiger partial charge in [-0.3, -0.25) is 0 Å². The summed E-state index contributed by atoms with van der Waals surface area (Å²) in [4.78, 5) is 15.7. The lowest BCUT2D eigenvalue weighted by Gasteiger charge is -2.12. The topological polar surface area (TPSA) is 56.2 Å². The first-order valence-electron chi connectivity index (χ1n) is 24.7. The molecule has 11 aromatic carbocycles. The van der Waals surface area contributed by atoms with Gasteiger partial charge in [0.05, 0.1) is 16.6 Å². The van der Waals surface area contributed by atoms with Gasteiger partial charge in [-0.1, -0.05) is 176 Å². The Morgan fingerprint density at radius 2 is 0.877 bits per heavy atom. The van der Waals surface area contributed by atoms with E-state index in [9.17, 15) is 0 Å². The van der Waals surface area contributed by atoms with Crippen LogP contribution < -0.4 is 0 Å². The number of fused-ring (bicyclic) bond motifs is 10. The number of hydrogen-bond acceptors (Lipinski definition) is 5.